The molecule has 4 nitrogen and oxygen atoms in total. The van der Waals surface area contributed by atoms with E-state index in [-0.39, 0.29) is 24.7 Å². The van der Waals surface area contributed by atoms with E-state index in [0.717, 1.165) is 12.8 Å². The highest BCUT2D eigenvalue weighted by Crippen LogP contribution is 2.21. The van der Waals surface area contributed by atoms with Gasteiger partial charge in [0.1, 0.15) is 6.61 Å². The van der Waals surface area contributed by atoms with Crippen LogP contribution in [-0.2, 0) is 9.53 Å². The van der Waals surface area contributed by atoms with Crippen molar-refractivity contribution in [2.45, 2.75) is 25.0 Å². The lowest BCUT2D eigenvalue weighted by Crippen LogP contribution is -2.42. The van der Waals surface area contributed by atoms with E-state index in [1.54, 1.807) is 24.3 Å². The lowest BCUT2D eigenvalue weighted by Gasteiger charge is -2.31. The number of benzene rings is 1. The van der Waals surface area contributed by atoms with E-state index >= 15 is 0 Å². The van der Waals surface area contributed by atoms with E-state index in [4.69, 9.17) is 22.1 Å². The minimum absolute atomic E-state index is 0.0695. The minimum Gasteiger partial charge on any atom is -0.368 e. The molecule has 0 aromatic heterocycles. The molecule has 0 atom stereocenters. The van der Waals surface area contributed by atoms with Crippen molar-refractivity contribution in [3.05, 3.63) is 29.3 Å². The summed E-state index contributed by atoms with van der Waals surface area (Å²) in [4.78, 5) is 11.5. The molecule has 3 N–H and O–H groups in total. The SMILES string of the molecule is NC1CC(OCC(=O)Nc2ccc(Cl)cc2)C1. The molecular formula is C12H15ClN2O2. The first kappa shape index (κ1) is 12.4. The zero-order valence-corrected chi connectivity index (χ0v) is 10.1. The van der Waals surface area contributed by atoms with Crippen LogP contribution in [0.5, 0.6) is 0 Å². The van der Waals surface area contributed by atoms with Gasteiger partial charge in [-0.3, -0.25) is 4.79 Å². The Morgan fingerprint density at radius 1 is 1.41 bits per heavy atom. The predicted octanol–water partition coefficient (Wildman–Crippen LogP) is 1.78. The molecule has 1 amide bonds. The van der Waals surface area contributed by atoms with E-state index in [1.165, 1.54) is 0 Å². The van der Waals surface area contributed by atoms with Gasteiger partial charge in [-0.1, -0.05) is 11.6 Å². The summed E-state index contributed by atoms with van der Waals surface area (Å²) < 4.78 is 5.39. The normalized spacial score (nSPS) is 22.9. The predicted molar refractivity (Wildman–Crippen MR) is 67.0 cm³/mol. The summed E-state index contributed by atoms with van der Waals surface area (Å²) in [5.74, 6) is -0.159. The number of rotatable bonds is 4. The fraction of sp³-hybridized carbons (Fsp3) is 0.417. The number of carbonyl (C=O) groups is 1. The Bertz CT molecular complexity index is 388. The quantitative estimate of drug-likeness (QED) is 0.861. The van der Waals surface area contributed by atoms with Crippen LogP contribution in [0, 0.1) is 0 Å². The molecule has 2 rings (SSSR count). The van der Waals surface area contributed by atoms with Crippen LogP contribution in [0.15, 0.2) is 24.3 Å². The van der Waals surface area contributed by atoms with Crippen LogP contribution >= 0.6 is 11.6 Å². The van der Waals surface area contributed by atoms with E-state index in [9.17, 15) is 4.79 Å². The average Bonchev–Trinajstić information content (AvgIpc) is 2.26. The summed E-state index contributed by atoms with van der Waals surface area (Å²) in [5.41, 5.74) is 6.34. The topological polar surface area (TPSA) is 64.3 Å². The van der Waals surface area contributed by atoms with Gasteiger partial charge in [0, 0.05) is 16.8 Å². The van der Waals surface area contributed by atoms with E-state index in [0.29, 0.717) is 10.7 Å². The largest absolute Gasteiger partial charge is 0.368 e. The number of carbonyl (C=O) groups excluding carboxylic acids is 1. The first-order valence-corrected chi connectivity index (χ1v) is 5.94. The van der Waals surface area contributed by atoms with Gasteiger partial charge in [-0.25, -0.2) is 0 Å². The van der Waals surface area contributed by atoms with E-state index in [1.807, 2.05) is 0 Å². The molecule has 1 aliphatic carbocycles. The zero-order valence-electron chi connectivity index (χ0n) is 9.36. The molecule has 0 heterocycles. The van der Waals surface area contributed by atoms with E-state index in [2.05, 4.69) is 5.32 Å². The average molecular weight is 255 g/mol. The number of hydrogen-bond acceptors (Lipinski definition) is 3. The molecule has 1 fully saturated rings. The first-order chi connectivity index (χ1) is 8.13. The van der Waals surface area contributed by atoms with Crippen LogP contribution in [-0.4, -0.2) is 24.7 Å². The van der Waals surface area contributed by atoms with Gasteiger partial charge in [0.25, 0.3) is 0 Å². The Hall–Kier alpha value is -1.10. The zero-order chi connectivity index (χ0) is 12.3. The van der Waals surface area contributed by atoms with Crippen LogP contribution in [0.4, 0.5) is 5.69 Å². The van der Waals surface area contributed by atoms with Gasteiger partial charge in [-0.2, -0.15) is 0 Å². The second kappa shape index (κ2) is 5.49. The van der Waals surface area contributed by atoms with Gasteiger partial charge in [0.2, 0.25) is 5.91 Å². The van der Waals surface area contributed by atoms with Crippen LogP contribution in [0.3, 0.4) is 0 Å². The summed E-state index contributed by atoms with van der Waals surface area (Å²) >= 11 is 5.74. The number of halogens is 1. The van der Waals surface area contributed by atoms with Gasteiger partial charge in [-0.15, -0.1) is 0 Å². The third-order valence-corrected chi connectivity index (χ3v) is 2.96. The van der Waals surface area contributed by atoms with Crippen molar-refractivity contribution in [2.75, 3.05) is 11.9 Å². The Morgan fingerprint density at radius 2 is 2.06 bits per heavy atom. The smallest absolute Gasteiger partial charge is 0.250 e. The number of ether oxygens (including phenoxy) is 1. The Balaban J connectivity index is 1.71. The fourth-order valence-electron chi connectivity index (χ4n) is 1.67. The van der Waals surface area contributed by atoms with Crippen molar-refractivity contribution in [2.24, 2.45) is 5.73 Å². The van der Waals surface area contributed by atoms with Crippen LogP contribution in [0.2, 0.25) is 5.02 Å². The van der Waals surface area contributed by atoms with Crippen LogP contribution < -0.4 is 11.1 Å². The molecule has 1 aliphatic rings. The standard InChI is InChI=1S/C12H15ClN2O2/c13-8-1-3-10(4-2-8)15-12(16)7-17-11-5-9(14)6-11/h1-4,9,11H,5-7,14H2,(H,15,16). The molecule has 1 aromatic carbocycles. The molecular weight excluding hydrogens is 240 g/mol. The summed E-state index contributed by atoms with van der Waals surface area (Å²) in [5, 5.41) is 3.37. The number of amides is 1. The maximum atomic E-state index is 11.5. The molecule has 0 radical (unpaired) electrons. The highest BCUT2D eigenvalue weighted by molar-refractivity contribution is 6.30. The summed E-state index contributed by atoms with van der Waals surface area (Å²) in [6.45, 7) is 0.0695. The second-order valence-corrected chi connectivity index (χ2v) is 4.66. The van der Waals surface area contributed by atoms with Gasteiger partial charge in [-0.05, 0) is 37.1 Å². The van der Waals surface area contributed by atoms with Crippen molar-refractivity contribution >= 4 is 23.2 Å². The number of anilines is 1. The van der Waals surface area contributed by atoms with Gasteiger partial charge >= 0.3 is 0 Å². The Kier molecular flexibility index (Phi) is 3.99. The molecule has 5 heteroatoms. The summed E-state index contributed by atoms with van der Waals surface area (Å²) in [6.07, 6.45) is 1.82. The molecule has 0 spiro atoms. The molecule has 1 saturated carbocycles. The minimum atomic E-state index is -0.159. The third-order valence-electron chi connectivity index (χ3n) is 2.71. The third kappa shape index (κ3) is 3.70. The maximum absolute atomic E-state index is 11.5. The fourth-order valence-corrected chi connectivity index (χ4v) is 1.79. The Labute approximate surface area is 105 Å². The summed E-state index contributed by atoms with van der Waals surface area (Å²) in [7, 11) is 0. The molecule has 0 aliphatic heterocycles. The van der Waals surface area contributed by atoms with Gasteiger partial charge in [0.05, 0.1) is 6.10 Å². The molecule has 17 heavy (non-hydrogen) atoms. The second-order valence-electron chi connectivity index (χ2n) is 4.22. The van der Waals surface area contributed by atoms with Gasteiger partial charge < -0.3 is 15.8 Å². The lowest BCUT2D eigenvalue weighted by atomic mass is 9.90. The molecule has 0 saturated heterocycles. The Morgan fingerprint density at radius 3 is 2.65 bits per heavy atom. The summed E-state index contributed by atoms with van der Waals surface area (Å²) in [6, 6.07) is 7.18. The maximum Gasteiger partial charge on any atom is 0.250 e. The molecule has 0 bridgehead atoms. The number of nitrogens with two attached hydrogens (primary N) is 1. The van der Waals surface area contributed by atoms with Crippen molar-refractivity contribution in [1.29, 1.82) is 0 Å². The van der Waals surface area contributed by atoms with Crippen LogP contribution in [0.1, 0.15) is 12.8 Å². The van der Waals surface area contributed by atoms with Crippen molar-refractivity contribution < 1.29 is 9.53 Å². The van der Waals surface area contributed by atoms with Crippen LogP contribution in [0.25, 0.3) is 0 Å². The number of nitrogens with one attached hydrogen (secondary N) is 1. The lowest BCUT2D eigenvalue weighted by molar-refractivity contribution is -0.124. The van der Waals surface area contributed by atoms with Gasteiger partial charge in [0.15, 0.2) is 0 Å². The van der Waals surface area contributed by atoms with E-state index < -0.39 is 0 Å². The molecule has 1 aromatic rings. The highest BCUT2D eigenvalue weighted by Gasteiger charge is 2.26. The monoisotopic (exact) mass is 254 g/mol. The number of hydrogen-bond donors (Lipinski definition) is 2. The van der Waals surface area contributed by atoms with Crippen molar-refractivity contribution in [1.82, 2.24) is 0 Å². The first-order valence-electron chi connectivity index (χ1n) is 5.56. The van der Waals surface area contributed by atoms with Crippen molar-refractivity contribution in [3.63, 3.8) is 0 Å². The highest BCUT2D eigenvalue weighted by atomic mass is 35.5. The van der Waals surface area contributed by atoms with Crippen molar-refractivity contribution in [3.8, 4) is 0 Å². The molecule has 0 unspecified atom stereocenters. The molecule has 92 valence electrons.